The third-order valence-corrected chi connectivity index (χ3v) is 5.89. The first-order valence-corrected chi connectivity index (χ1v) is 10.5. The standard InChI is InChI=1S/C23H21N3O7/c1-31-19-10-14(24-8-9-32-13-20(24)27)6-7-18(19)25-11-15(33-23(25)30)12-26-21(28)16-4-2-3-5-17(16)22(26)29/h2-7,10,15H,8-9,11-13H2,1H3. The molecule has 3 heterocycles. The first-order valence-electron chi connectivity index (χ1n) is 10.5. The molecule has 3 aliphatic rings. The van der Waals surface area contributed by atoms with Crippen LogP contribution in [0.25, 0.3) is 0 Å². The van der Waals surface area contributed by atoms with Crippen LogP contribution in [0.2, 0.25) is 0 Å². The maximum atomic E-state index is 12.6. The van der Waals surface area contributed by atoms with E-state index in [1.54, 1.807) is 47.4 Å². The van der Waals surface area contributed by atoms with Crippen LogP contribution in [-0.4, -0.2) is 74.8 Å². The van der Waals surface area contributed by atoms with Crippen molar-refractivity contribution in [3.8, 4) is 5.75 Å². The van der Waals surface area contributed by atoms with Gasteiger partial charge in [0.15, 0.2) is 0 Å². The highest BCUT2D eigenvalue weighted by atomic mass is 16.6. The molecule has 0 aliphatic carbocycles. The van der Waals surface area contributed by atoms with Crippen LogP contribution in [0.3, 0.4) is 0 Å². The molecule has 5 rings (SSSR count). The zero-order valence-electron chi connectivity index (χ0n) is 17.9. The summed E-state index contributed by atoms with van der Waals surface area (Å²) in [5.41, 5.74) is 1.80. The second-order valence-electron chi connectivity index (χ2n) is 7.84. The van der Waals surface area contributed by atoms with Gasteiger partial charge in [-0.3, -0.25) is 24.2 Å². The van der Waals surface area contributed by atoms with Crippen molar-refractivity contribution in [2.24, 2.45) is 0 Å². The van der Waals surface area contributed by atoms with Crippen LogP contribution in [0, 0.1) is 0 Å². The molecule has 3 aliphatic heterocycles. The minimum Gasteiger partial charge on any atom is -0.494 e. The van der Waals surface area contributed by atoms with Crippen molar-refractivity contribution in [1.29, 1.82) is 0 Å². The summed E-state index contributed by atoms with van der Waals surface area (Å²) >= 11 is 0. The summed E-state index contributed by atoms with van der Waals surface area (Å²) < 4.78 is 16.1. The molecule has 0 bridgehead atoms. The quantitative estimate of drug-likeness (QED) is 0.637. The Morgan fingerprint density at radius 3 is 2.39 bits per heavy atom. The van der Waals surface area contributed by atoms with Gasteiger partial charge in [-0.25, -0.2) is 4.79 Å². The molecule has 10 nitrogen and oxygen atoms in total. The normalized spacial score (nSPS) is 20.4. The number of morpholine rings is 1. The predicted octanol–water partition coefficient (Wildman–Crippen LogP) is 1.68. The van der Waals surface area contributed by atoms with Gasteiger partial charge < -0.3 is 19.1 Å². The number of imide groups is 1. The van der Waals surface area contributed by atoms with Crippen molar-refractivity contribution in [2.75, 3.05) is 49.8 Å². The zero-order chi connectivity index (χ0) is 23.1. The molecule has 0 N–H and O–H groups in total. The molecular weight excluding hydrogens is 430 g/mol. The smallest absolute Gasteiger partial charge is 0.414 e. The first-order chi connectivity index (χ1) is 16.0. The van der Waals surface area contributed by atoms with Crippen molar-refractivity contribution in [1.82, 2.24) is 4.90 Å². The predicted molar refractivity (Wildman–Crippen MR) is 116 cm³/mol. The molecule has 0 saturated carbocycles. The number of cyclic esters (lactones) is 1. The molecule has 170 valence electrons. The number of carbonyl (C=O) groups is 4. The number of nitrogens with zero attached hydrogens (tertiary/aromatic N) is 3. The van der Waals surface area contributed by atoms with Gasteiger partial charge in [0.2, 0.25) is 0 Å². The molecule has 0 radical (unpaired) electrons. The van der Waals surface area contributed by atoms with Crippen molar-refractivity contribution in [3.05, 3.63) is 53.6 Å². The van der Waals surface area contributed by atoms with Crippen molar-refractivity contribution < 1.29 is 33.4 Å². The van der Waals surface area contributed by atoms with Crippen LogP contribution >= 0.6 is 0 Å². The maximum absolute atomic E-state index is 12.6. The number of ether oxygens (including phenoxy) is 3. The van der Waals surface area contributed by atoms with Gasteiger partial charge in [0.25, 0.3) is 17.7 Å². The summed E-state index contributed by atoms with van der Waals surface area (Å²) in [6.45, 7) is 0.973. The van der Waals surface area contributed by atoms with Gasteiger partial charge in [0.1, 0.15) is 18.5 Å². The van der Waals surface area contributed by atoms with Crippen LogP contribution in [0.15, 0.2) is 42.5 Å². The molecular formula is C23H21N3O7. The lowest BCUT2D eigenvalue weighted by Gasteiger charge is -2.28. The van der Waals surface area contributed by atoms with E-state index in [-0.39, 0.29) is 25.6 Å². The van der Waals surface area contributed by atoms with E-state index in [0.29, 0.717) is 41.4 Å². The Morgan fingerprint density at radius 2 is 1.73 bits per heavy atom. The molecule has 1 atom stereocenters. The second kappa shape index (κ2) is 8.21. The molecule has 10 heteroatoms. The average Bonchev–Trinajstić information content (AvgIpc) is 3.31. The lowest BCUT2D eigenvalue weighted by Crippen LogP contribution is -2.41. The maximum Gasteiger partial charge on any atom is 0.414 e. The van der Waals surface area contributed by atoms with Gasteiger partial charge >= 0.3 is 6.09 Å². The highest BCUT2D eigenvalue weighted by Gasteiger charge is 2.41. The number of methoxy groups -OCH3 is 1. The molecule has 2 aromatic carbocycles. The number of fused-ring (bicyclic) bond motifs is 1. The number of benzene rings is 2. The molecule has 0 spiro atoms. The van der Waals surface area contributed by atoms with E-state index < -0.39 is 24.0 Å². The van der Waals surface area contributed by atoms with E-state index in [1.165, 1.54) is 12.0 Å². The third kappa shape index (κ3) is 3.58. The van der Waals surface area contributed by atoms with Crippen LogP contribution in [0.5, 0.6) is 5.75 Å². The highest BCUT2D eigenvalue weighted by Crippen LogP contribution is 2.36. The Hall–Kier alpha value is -3.92. The molecule has 0 aromatic heterocycles. The Morgan fingerprint density at radius 1 is 1.00 bits per heavy atom. The summed E-state index contributed by atoms with van der Waals surface area (Å²) in [6.07, 6.45) is -1.30. The number of rotatable bonds is 5. The Kier molecular flexibility index (Phi) is 5.21. The zero-order valence-corrected chi connectivity index (χ0v) is 17.9. The summed E-state index contributed by atoms with van der Waals surface area (Å²) in [5.74, 6) is -0.563. The van der Waals surface area contributed by atoms with Crippen LogP contribution in [0.1, 0.15) is 20.7 Å². The monoisotopic (exact) mass is 451 g/mol. The van der Waals surface area contributed by atoms with Crippen molar-refractivity contribution in [3.63, 3.8) is 0 Å². The topological polar surface area (TPSA) is 106 Å². The fraction of sp³-hybridized carbons (Fsp3) is 0.304. The summed E-state index contributed by atoms with van der Waals surface area (Å²) in [4.78, 5) is 54.1. The van der Waals surface area contributed by atoms with Crippen LogP contribution < -0.4 is 14.5 Å². The van der Waals surface area contributed by atoms with Gasteiger partial charge in [0.05, 0.1) is 43.6 Å². The van der Waals surface area contributed by atoms with E-state index in [4.69, 9.17) is 14.2 Å². The fourth-order valence-corrected chi connectivity index (χ4v) is 4.27. The summed E-state index contributed by atoms with van der Waals surface area (Å²) in [5, 5.41) is 0. The second-order valence-corrected chi connectivity index (χ2v) is 7.84. The Bertz CT molecular complexity index is 1130. The van der Waals surface area contributed by atoms with Crippen LogP contribution in [-0.2, 0) is 14.3 Å². The Balaban J connectivity index is 1.33. The van der Waals surface area contributed by atoms with Gasteiger partial charge in [-0.2, -0.15) is 0 Å². The van der Waals surface area contributed by atoms with Crippen molar-refractivity contribution >= 4 is 35.2 Å². The molecule has 2 aromatic rings. The minimum absolute atomic E-state index is 0.0159. The van der Waals surface area contributed by atoms with Gasteiger partial charge in [-0.1, -0.05) is 12.1 Å². The number of anilines is 2. The minimum atomic E-state index is -0.690. The lowest BCUT2D eigenvalue weighted by atomic mass is 10.1. The Labute approximate surface area is 189 Å². The molecule has 4 amide bonds. The molecule has 2 fully saturated rings. The summed E-state index contributed by atoms with van der Waals surface area (Å²) in [6, 6.07) is 11.7. The number of hydrogen-bond donors (Lipinski definition) is 0. The van der Waals surface area contributed by atoms with E-state index >= 15 is 0 Å². The van der Waals surface area contributed by atoms with E-state index in [1.807, 2.05) is 0 Å². The molecule has 33 heavy (non-hydrogen) atoms. The lowest BCUT2D eigenvalue weighted by molar-refractivity contribution is -0.125. The van der Waals surface area contributed by atoms with E-state index in [0.717, 1.165) is 4.90 Å². The first kappa shape index (κ1) is 21.0. The van der Waals surface area contributed by atoms with Crippen LogP contribution in [0.4, 0.5) is 16.2 Å². The fourth-order valence-electron chi connectivity index (χ4n) is 4.27. The number of amides is 4. The number of hydrogen-bond acceptors (Lipinski definition) is 7. The average molecular weight is 451 g/mol. The van der Waals surface area contributed by atoms with E-state index in [9.17, 15) is 19.2 Å². The third-order valence-electron chi connectivity index (χ3n) is 5.89. The number of carbonyl (C=O) groups excluding carboxylic acids is 4. The molecule has 2 saturated heterocycles. The van der Waals surface area contributed by atoms with E-state index in [2.05, 4.69) is 0 Å². The highest BCUT2D eigenvalue weighted by molar-refractivity contribution is 6.21. The van der Waals surface area contributed by atoms with Gasteiger partial charge in [-0.05, 0) is 24.3 Å². The SMILES string of the molecule is COc1cc(N2CCOCC2=O)ccc1N1CC(CN2C(=O)c3ccccc3C2=O)OC1=O. The molecule has 1 unspecified atom stereocenters. The van der Waals surface area contributed by atoms with Crippen molar-refractivity contribution in [2.45, 2.75) is 6.10 Å². The largest absolute Gasteiger partial charge is 0.494 e. The van der Waals surface area contributed by atoms with Gasteiger partial charge in [0, 0.05) is 18.3 Å². The summed E-state index contributed by atoms with van der Waals surface area (Å²) in [7, 11) is 1.47. The van der Waals surface area contributed by atoms with Gasteiger partial charge in [-0.15, -0.1) is 0 Å².